The zero-order valence-corrected chi connectivity index (χ0v) is 12.5. The minimum absolute atomic E-state index is 0.0156. The number of rotatable bonds is 4. The molecule has 0 aromatic heterocycles. The summed E-state index contributed by atoms with van der Waals surface area (Å²) >= 11 is 1.56. The van der Waals surface area contributed by atoms with E-state index in [2.05, 4.69) is 0 Å². The monoisotopic (exact) mass is 318 g/mol. The highest BCUT2D eigenvalue weighted by atomic mass is 32.2. The molecule has 0 fully saturated rings. The van der Waals surface area contributed by atoms with Gasteiger partial charge in [-0.05, 0) is 48.7 Å². The summed E-state index contributed by atoms with van der Waals surface area (Å²) in [6.07, 6.45) is 4.39. The van der Waals surface area contributed by atoms with Crippen LogP contribution in [0.3, 0.4) is 0 Å². The van der Waals surface area contributed by atoms with Gasteiger partial charge >= 0.3 is 0 Å². The van der Waals surface area contributed by atoms with Crippen molar-refractivity contribution in [1.82, 2.24) is 0 Å². The molecular formula is C16H14O5S. The third-order valence-electron chi connectivity index (χ3n) is 3.05. The molecule has 0 aliphatic heterocycles. The van der Waals surface area contributed by atoms with Gasteiger partial charge in [-0.1, -0.05) is 0 Å². The van der Waals surface area contributed by atoms with E-state index in [1.165, 1.54) is 12.2 Å². The average Bonchev–Trinajstić information content (AvgIpc) is 2.54. The molecule has 4 N–H and O–H groups in total. The summed E-state index contributed by atoms with van der Waals surface area (Å²) in [7, 11) is 0. The molecule has 2 rings (SSSR count). The fourth-order valence-electron chi connectivity index (χ4n) is 1.80. The van der Waals surface area contributed by atoms with Crippen LogP contribution in [0.1, 0.15) is 15.9 Å². The van der Waals surface area contributed by atoms with Crippen molar-refractivity contribution < 1.29 is 25.2 Å². The molecule has 0 unspecified atom stereocenters. The van der Waals surface area contributed by atoms with E-state index in [-0.39, 0.29) is 11.3 Å². The molecule has 0 spiro atoms. The Morgan fingerprint density at radius 1 is 1.00 bits per heavy atom. The summed E-state index contributed by atoms with van der Waals surface area (Å²) in [6.45, 7) is 0. The molecule has 22 heavy (non-hydrogen) atoms. The summed E-state index contributed by atoms with van der Waals surface area (Å²) in [4.78, 5) is 13.0. The van der Waals surface area contributed by atoms with Crippen LogP contribution in [0.25, 0.3) is 6.08 Å². The van der Waals surface area contributed by atoms with E-state index in [1.54, 1.807) is 23.9 Å². The molecule has 0 heterocycles. The Hall–Kier alpha value is -2.60. The van der Waals surface area contributed by atoms with E-state index >= 15 is 0 Å². The number of aromatic hydroxyl groups is 4. The maximum atomic E-state index is 12.0. The highest BCUT2D eigenvalue weighted by molar-refractivity contribution is 7.98. The Morgan fingerprint density at radius 2 is 1.64 bits per heavy atom. The molecule has 0 atom stereocenters. The molecular weight excluding hydrogens is 304 g/mol. The van der Waals surface area contributed by atoms with Crippen LogP contribution in [0, 0.1) is 0 Å². The lowest BCUT2D eigenvalue weighted by Crippen LogP contribution is -1.93. The summed E-state index contributed by atoms with van der Waals surface area (Å²) in [6, 6.07) is 8.06. The van der Waals surface area contributed by atoms with E-state index in [4.69, 9.17) is 0 Å². The highest BCUT2D eigenvalue weighted by Crippen LogP contribution is 2.44. The Balaban J connectivity index is 2.26. The molecule has 0 radical (unpaired) electrons. The zero-order chi connectivity index (χ0) is 16.3. The number of phenols is 4. The molecule has 2 aromatic rings. The molecule has 114 valence electrons. The normalized spacial score (nSPS) is 11.0. The summed E-state index contributed by atoms with van der Waals surface area (Å²) < 4.78 is 0. The fourth-order valence-corrected chi connectivity index (χ4v) is 2.21. The number of carbonyl (C=O) groups is 1. The molecule has 5 nitrogen and oxygen atoms in total. The molecule has 0 aliphatic carbocycles. The lowest BCUT2D eigenvalue weighted by Gasteiger charge is -2.06. The van der Waals surface area contributed by atoms with Gasteiger partial charge in [0.25, 0.3) is 0 Å². The molecule has 0 saturated carbocycles. The van der Waals surface area contributed by atoms with Gasteiger partial charge in [0.15, 0.2) is 17.3 Å². The van der Waals surface area contributed by atoms with Crippen molar-refractivity contribution in [1.29, 1.82) is 0 Å². The largest absolute Gasteiger partial charge is 0.504 e. The molecule has 0 bridgehead atoms. The van der Waals surface area contributed by atoms with Crippen molar-refractivity contribution in [2.75, 3.05) is 6.26 Å². The fraction of sp³-hybridized carbons (Fsp3) is 0.0625. The second-order valence-electron chi connectivity index (χ2n) is 4.46. The van der Waals surface area contributed by atoms with Gasteiger partial charge in [-0.3, -0.25) is 4.79 Å². The number of allylic oxidation sites excluding steroid dienone is 1. The van der Waals surface area contributed by atoms with Crippen molar-refractivity contribution >= 4 is 23.6 Å². The zero-order valence-electron chi connectivity index (χ0n) is 11.6. The van der Waals surface area contributed by atoms with E-state index in [9.17, 15) is 25.2 Å². The first-order valence-corrected chi connectivity index (χ1v) is 7.50. The predicted molar refractivity (Wildman–Crippen MR) is 84.7 cm³/mol. The smallest absolute Gasteiger partial charge is 0.204 e. The van der Waals surface area contributed by atoms with Crippen molar-refractivity contribution in [2.24, 2.45) is 0 Å². The van der Waals surface area contributed by atoms with Gasteiger partial charge in [-0.15, -0.1) is 11.8 Å². The van der Waals surface area contributed by atoms with Crippen LogP contribution in [0.2, 0.25) is 0 Å². The first-order chi connectivity index (χ1) is 10.4. The minimum Gasteiger partial charge on any atom is -0.504 e. The number of hydrogen-bond donors (Lipinski definition) is 4. The Bertz CT molecular complexity index is 735. The Kier molecular flexibility index (Phi) is 4.62. The molecule has 0 amide bonds. The van der Waals surface area contributed by atoms with Crippen molar-refractivity contribution in [3.8, 4) is 23.0 Å². The van der Waals surface area contributed by atoms with Gasteiger partial charge in [0.2, 0.25) is 11.5 Å². The van der Waals surface area contributed by atoms with Crippen LogP contribution in [0.4, 0.5) is 0 Å². The first kappa shape index (κ1) is 15.8. The van der Waals surface area contributed by atoms with Crippen LogP contribution in [0.15, 0.2) is 41.3 Å². The topological polar surface area (TPSA) is 98.0 Å². The van der Waals surface area contributed by atoms with Crippen molar-refractivity contribution in [3.63, 3.8) is 0 Å². The van der Waals surface area contributed by atoms with Crippen molar-refractivity contribution in [3.05, 3.63) is 47.5 Å². The van der Waals surface area contributed by atoms with Gasteiger partial charge in [0.05, 0.1) is 0 Å². The third-order valence-corrected chi connectivity index (χ3v) is 3.79. The molecule has 2 aromatic carbocycles. The van der Waals surface area contributed by atoms with E-state index in [1.807, 2.05) is 18.4 Å². The number of phenolic OH excluding ortho intramolecular Hbond substituents is 4. The Morgan fingerprint density at radius 3 is 2.23 bits per heavy atom. The Labute approximate surface area is 131 Å². The highest BCUT2D eigenvalue weighted by Gasteiger charge is 2.14. The maximum absolute atomic E-state index is 12.0. The van der Waals surface area contributed by atoms with Gasteiger partial charge < -0.3 is 20.4 Å². The first-order valence-electron chi connectivity index (χ1n) is 6.27. The number of thioether (sulfide) groups is 1. The van der Waals surface area contributed by atoms with E-state index < -0.39 is 23.0 Å². The van der Waals surface area contributed by atoms with Crippen LogP contribution in [-0.2, 0) is 0 Å². The maximum Gasteiger partial charge on any atom is 0.204 e. The summed E-state index contributed by atoms with van der Waals surface area (Å²) in [5, 5.41) is 37.8. The average molecular weight is 318 g/mol. The second-order valence-corrected chi connectivity index (χ2v) is 5.34. The van der Waals surface area contributed by atoms with Crippen molar-refractivity contribution in [2.45, 2.75) is 4.90 Å². The van der Waals surface area contributed by atoms with Crippen LogP contribution >= 0.6 is 11.8 Å². The molecule has 0 saturated heterocycles. The lowest BCUT2D eigenvalue weighted by atomic mass is 10.1. The lowest BCUT2D eigenvalue weighted by molar-refractivity contribution is 0.104. The number of hydrogen-bond acceptors (Lipinski definition) is 6. The van der Waals surface area contributed by atoms with Gasteiger partial charge in [-0.25, -0.2) is 0 Å². The summed E-state index contributed by atoms with van der Waals surface area (Å²) in [5.41, 5.74) is 0.489. The van der Waals surface area contributed by atoms with Gasteiger partial charge in [-0.2, -0.15) is 0 Å². The van der Waals surface area contributed by atoms with Gasteiger partial charge in [0.1, 0.15) is 0 Å². The number of benzene rings is 2. The third kappa shape index (κ3) is 3.17. The quantitative estimate of drug-likeness (QED) is 0.227. The van der Waals surface area contributed by atoms with Crippen LogP contribution in [-0.4, -0.2) is 32.5 Å². The van der Waals surface area contributed by atoms with Crippen LogP contribution in [0.5, 0.6) is 23.0 Å². The second kappa shape index (κ2) is 6.44. The SMILES string of the molecule is CSc1ccc(C(=O)/C=C/c2cc(O)c(O)c(O)c2O)cc1. The van der Waals surface area contributed by atoms with Gasteiger partial charge in [0, 0.05) is 16.0 Å². The van der Waals surface area contributed by atoms with E-state index in [0.717, 1.165) is 11.0 Å². The standard InChI is InChI=1S/C16H14O5S/c1-22-11-5-2-9(3-6-11)12(17)7-4-10-8-13(18)15(20)16(21)14(10)19/h2-8,18-21H,1H3/b7-4+. The number of carbonyl (C=O) groups excluding carboxylic acids is 1. The number of ketones is 1. The minimum atomic E-state index is -0.837. The van der Waals surface area contributed by atoms with Crippen LogP contribution < -0.4 is 0 Å². The predicted octanol–water partition coefficient (Wildman–Crippen LogP) is 3.13. The molecule has 6 heteroatoms. The molecule has 0 aliphatic rings. The van der Waals surface area contributed by atoms with E-state index in [0.29, 0.717) is 5.56 Å². The summed E-state index contributed by atoms with van der Waals surface area (Å²) in [5.74, 6) is -3.15.